The maximum atomic E-state index is 13.2. The summed E-state index contributed by atoms with van der Waals surface area (Å²) in [6.07, 6.45) is 4.45. The maximum absolute atomic E-state index is 13.2. The Morgan fingerprint density at radius 2 is 1.71 bits per heavy atom. The molecule has 0 atom stereocenters. The molecule has 1 aromatic heterocycles. The van der Waals surface area contributed by atoms with E-state index in [0.717, 1.165) is 36.0 Å². The summed E-state index contributed by atoms with van der Waals surface area (Å²) in [5.41, 5.74) is 3.59. The van der Waals surface area contributed by atoms with Crippen LogP contribution in [0.15, 0.2) is 78.0 Å². The number of amides is 1. The SMILES string of the molecule is COc1ccc(NC(=O)c2ccc(-n3cnc4ccccc43)cc2)cc1S(=O)(=O)N1CCCCC1. The van der Waals surface area contributed by atoms with E-state index >= 15 is 0 Å². The average molecular weight is 491 g/mol. The van der Waals surface area contributed by atoms with Gasteiger partial charge in [-0.3, -0.25) is 9.36 Å². The van der Waals surface area contributed by atoms with Crippen molar-refractivity contribution < 1.29 is 17.9 Å². The van der Waals surface area contributed by atoms with Gasteiger partial charge in [0.25, 0.3) is 5.91 Å². The Hall–Kier alpha value is -3.69. The van der Waals surface area contributed by atoms with Crippen molar-refractivity contribution in [3.05, 3.63) is 78.6 Å². The van der Waals surface area contributed by atoms with Crippen LogP contribution in [0.25, 0.3) is 16.7 Å². The number of para-hydroxylation sites is 2. The number of anilines is 1. The van der Waals surface area contributed by atoms with E-state index in [1.165, 1.54) is 17.5 Å². The van der Waals surface area contributed by atoms with Gasteiger partial charge in [-0.25, -0.2) is 13.4 Å². The fourth-order valence-corrected chi connectivity index (χ4v) is 6.04. The van der Waals surface area contributed by atoms with E-state index in [2.05, 4.69) is 10.3 Å². The fourth-order valence-electron chi connectivity index (χ4n) is 4.34. The summed E-state index contributed by atoms with van der Waals surface area (Å²) < 4.78 is 35.2. The van der Waals surface area contributed by atoms with Gasteiger partial charge < -0.3 is 10.1 Å². The first kappa shape index (κ1) is 23.1. The lowest BCUT2D eigenvalue weighted by atomic mass is 10.2. The lowest BCUT2D eigenvalue weighted by molar-refractivity contribution is 0.102. The molecule has 2 heterocycles. The summed E-state index contributed by atoms with van der Waals surface area (Å²) in [5.74, 6) is -0.0796. The smallest absolute Gasteiger partial charge is 0.255 e. The molecular formula is C26H26N4O4S. The number of carbonyl (C=O) groups excluding carboxylic acids is 1. The minimum atomic E-state index is -3.73. The number of nitrogens with one attached hydrogen (secondary N) is 1. The molecule has 3 aromatic carbocycles. The number of benzene rings is 3. The molecule has 1 aliphatic rings. The van der Waals surface area contributed by atoms with Gasteiger partial charge in [-0.1, -0.05) is 18.6 Å². The van der Waals surface area contributed by atoms with Crippen molar-refractivity contribution in [2.24, 2.45) is 0 Å². The Morgan fingerprint density at radius 1 is 0.971 bits per heavy atom. The molecule has 0 saturated carbocycles. The van der Waals surface area contributed by atoms with Crippen LogP contribution in [0.1, 0.15) is 29.6 Å². The van der Waals surface area contributed by atoms with Gasteiger partial charge in [0.1, 0.15) is 17.0 Å². The Labute approximate surface area is 204 Å². The highest BCUT2D eigenvalue weighted by molar-refractivity contribution is 7.89. The lowest BCUT2D eigenvalue weighted by Crippen LogP contribution is -2.35. The lowest BCUT2D eigenvalue weighted by Gasteiger charge is -2.26. The maximum Gasteiger partial charge on any atom is 0.255 e. The zero-order chi connectivity index (χ0) is 24.4. The molecule has 35 heavy (non-hydrogen) atoms. The number of imidazole rings is 1. The largest absolute Gasteiger partial charge is 0.495 e. The van der Waals surface area contributed by atoms with Gasteiger partial charge in [-0.15, -0.1) is 0 Å². The van der Waals surface area contributed by atoms with Crippen LogP contribution < -0.4 is 10.1 Å². The zero-order valence-corrected chi connectivity index (χ0v) is 20.2. The van der Waals surface area contributed by atoms with Gasteiger partial charge in [-0.2, -0.15) is 4.31 Å². The Kier molecular flexibility index (Phi) is 6.27. The van der Waals surface area contributed by atoms with Gasteiger partial charge >= 0.3 is 0 Å². The van der Waals surface area contributed by atoms with E-state index < -0.39 is 10.0 Å². The third-order valence-electron chi connectivity index (χ3n) is 6.22. The number of methoxy groups -OCH3 is 1. The van der Waals surface area contributed by atoms with E-state index in [-0.39, 0.29) is 16.6 Å². The number of ether oxygens (including phenoxy) is 1. The third kappa shape index (κ3) is 4.52. The van der Waals surface area contributed by atoms with E-state index in [0.29, 0.717) is 24.3 Å². The fraction of sp³-hybridized carbons (Fsp3) is 0.231. The molecule has 4 aromatic rings. The number of sulfonamides is 1. The van der Waals surface area contributed by atoms with Crippen LogP contribution in [0.5, 0.6) is 5.75 Å². The average Bonchev–Trinajstić information content (AvgIpc) is 3.33. The van der Waals surface area contributed by atoms with Crippen molar-refractivity contribution in [1.29, 1.82) is 0 Å². The van der Waals surface area contributed by atoms with Crippen molar-refractivity contribution in [2.75, 3.05) is 25.5 Å². The molecule has 1 amide bonds. The van der Waals surface area contributed by atoms with E-state index in [9.17, 15) is 13.2 Å². The molecule has 1 N–H and O–H groups in total. The first-order valence-corrected chi connectivity index (χ1v) is 12.9. The molecule has 0 radical (unpaired) electrons. The van der Waals surface area contributed by atoms with Gasteiger partial charge in [0.2, 0.25) is 10.0 Å². The molecule has 0 bridgehead atoms. The standard InChI is InChI=1S/C26H26N4O4S/c1-34-24-14-11-20(17-25(24)35(32,33)29-15-5-2-6-16-29)28-26(31)19-9-12-21(13-10-19)30-18-27-22-7-3-4-8-23(22)30/h3-4,7-14,17-18H,2,5-6,15-16H2,1H3,(H,28,31). The molecular weight excluding hydrogens is 464 g/mol. The summed E-state index contributed by atoms with van der Waals surface area (Å²) in [7, 11) is -2.29. The highest BCUT2D eigenvalue weighted by Crippen LogP contribution is 2.31. The molecule has 5 rings (SSSR count). The summed E-state index contributed by atoms with van der Waals surface area (Å²) in [5, 5.41) is 2.81. The summed E-state index contributed by atoms with van der Waals surface area (Å²) in [6, 6.07) is 19.7. The molecule has 180 valence electrons. The molecule has 1 aliphatic heterocycles. The van der Waals surface area contributed by atoms with Crippen LogP contribution in [0.4, 0.5) is 5.69 Å². The molecule has 0 spiro atoms. The van der Waals surface area contributed by atoms with E-state index in [4.69, 9.17) is 4.74 Å². The number of hydrogen-bond acceptors (Lipinski definition) is 5. The number of aromatic nitrogens is 2. The molecule has 8 nitrogen and oxygen atoms in total. The first-order valence-electron chi connectivity index (χ1n) is 11.5. The van der Waals surface area contributed by atoms with E-state index in [1.807, 2.05) is 41.0 Å². The predicted octanol–water partition coefficient (Wildman–Crippen LogP) is 4.46. The number of fused-ring (bicyclic) bond motifs is 1. The Bertz CT molecular complexity index is 1470. The number of carbonyl (C=O) groups is 1. The van der Waals surface area contributed by atoms with Crippen LogP contribution in [0.3, 0.4) is 0 Å². The second-order valence-electron chi connectivity index (χ2n) is 8.43. The van der Waals surface area contributed by atoms with Crippen LogP contribution >= 0.6 is 0 Å². The minimum absolute atomic E-state index is 0.0574. The number of rotatable bonds is 6. The summed E-state index contributed by atoms with van der Waals surface area (Å²) >= 11 is 0. The first-order chi connectivity index (χ1) is 17.0. The number of nitrogens with zero attached hydrogens (tertiary/aromatic N) is 3. The third-order valence-corrected chi connectivity index (χ3v) is 8.14. The highest BCUT2D eigenvalue weighted by Gasteiger charge is 2.29. The molecule has 9 heteroatoms. The molecule has 0 aliphatic carbocycles. The van der Waals surface area contributed by atoms with Crippen LogP contribution in [-0.2, 0) is 10.0 Å². The monoisotopic (exact) mass is 490 g/mol. The second-order valence-corrected chi connectivity index (χ2v) is 10.3. The predicted molar refractivity (Wildman–Crippen MR) is 135 cm³/mol. The van der Waals surface area contributed by atoms with E-state index in [1.54, 1.807) is 30.6 Å². The van der Waals surface area contributed by atoms with Gasteiger partial charge in [-0.05, 0) is 67.4 Å². The van der Waals surface area contributed by atoms with Crippen LogP contribution in [0.2, 0.25) is 0 Å². The normalized spacial score (nSPS) is 14.7. The molecule has 1 saturated heterocycles. The van der Waals surface area contributed by atoms with Crippen molar-refractivity contribution in [2.45, 2.75) is 24.2 Å². The van der Waals surface area contributed by atoms with Gasteiger partial charge in [0, 0.05) is 30.0 Å². The summed E-state index contributed by atoms with van der Waals surface area (Å²) in [4.78, 5) is 17.4. The Balaban J connectivity index is 1.37. The number of piperidine rings is 1. The quantitative estimate of drug-likeness (QED) is 0.431. The molecule has 0 unspecified atom stereocenters. The van der Waals surface area contributed by atoms with Crippen LogP contribution in [-0.4, -0.2) is 48.4 Å². The van der Waals surface area contributed by atoms with Crippen molar-refractivity contribution >= 4 is 32.7 Å². The minimum Gasteiger partial charge on any atom is -0.495 e. The number of hydrogen-bond donors (Lipinski definition) is 1. The summed E-state index contributed by atoms with van der Waals surface area (Å²) in [6.45, 7) is 0.973. The van der Waals surface area contributed by atoms with Gasteiger partial charge in [0.15, 0.2) is 0 Å². The molecule has 1 fully saturated rings. The van der Waals surface area contributed by atoms with Crippen molar-refractivity contribution in [1.82, 2.24) is 13.9 Å². The topological polar surface area (TPSA) is 93.5 Å². The Morgan fingerprint density at radius 3 is 2.46 bits per heavy atom. The van der Waals surface area contributed by atoms with Crippen LogP contribution in [0, 0.1) is 0 Å². The van der Waals surface area contributed by atoms with Crippen molar-refractivity contribution in [3.8, 4) is 11.4 Å². The zero-order valence-electron chi connectivity index (χ0n) is 19.3. The van der Waals surface area contributed by atoms with Gasteiger partial charge in [0.05, 0.1) is 18.1 Å². The second kappa shape index (κ2) is 9.52. The van der Waals surface area contributed by atoms with Crippen molar-refractivity contribution in [3.63, 3.8) is 0 Å². The highest BCUT2D eigenvalue weighted by atomic mass is 32.2.